The molecule has 0 atom stereocenters. The maximum atomic E-state index is 12.4. The van der Waals surface area contributed by atoms with E-state index in [1.165, 1.54) is 43.5 Å². The third-order valence-electron chi connectivity index (χ3n) is 5.40. The van der Waals surface area contributed by atoms with Gasteiger partial charge in [-0.05, 0) is 83.1 Å². The molecule has 1 aromatic rings. The number of hydrogen-bond donors (Lipinski definition) is 1. The van der Waals surface area contributed by atoms with E-state index in [-0.39, 0.29) is 12.1 Å². The van der Waals surface area contributed by atoms with E-state index in [0.29, 0.717) is 6.04 Å². The van der Waals surface area contributed by atoms with E-state index < -0.39 is 0 Å². The van der Waals surface area contributed by atoms with Gasteiger partial charge in [0.2, 0.25) is 0 Å². The highest BCUT2D eigenvalue weighted by molar-refractivity contribution is 5.75. The molecule has 3 rings (SSSR count). The van der Waals surface area contributed by atoms with Gasteiger partial charge in [0.25, 0.3) is 0 Å². The first kappa shape index (κ1) is 18.2. The SMILES string of the molecule is CC(C)NC(=O)N(Cc1ccc(CC2CCN(C)CC2)cc1)C1CC1. The largest absolute Gasteiger partial charge is 0.336 e. The second-order valence-electron chi connectivity index (χ2n) is 8.23. The summed E-state index contributed by atoms with van der Waals surface area (Å²) in [6.45, 7) is 7.20. The van der Waals surface area contributed by atoms with E-state index in [4.69, 9.17) is 0 Å². The Labute approximate surface area is 152 Å². The van der Waals surface area contributed by atoms with Crippen molar-refractivity contribution in [2.24, 2.45) is 5.92 Å². The number of piperidine rings is 1. The zero-order valence-electron chi connectivity index (χ0n) is 16.0. The maximum absolute atomic E-state index is 12.4. The molecule has 0 unspecified atom stereocenters. The Balaban J connectivity index is 1.55. The predicted octanol–water partition coefficient (Wildman–Crippen LogP) is 3.65. The van der Waals surface area contributed by atoms with Crippen LogP contribution in [0, 0.1) is 5.92 Å². The molecule has 1 saturated carbocycles. The fraction of sp³-hybridized carbons (Fsp3) is 0.667. The number of carbonyl (C=O) groups excluding carboxylic acids is 1. The van der Waals surface area contributed by atoms with Crippen LogP contribution in [-0.4, -0.2) is 48.1 Å². The summed E-state index contributed by atoms with van der Waals surface area (Å²) in [4.78, 5) is 16.8. The van der Waals surface area contributed by atoms with Crippen LogP contribution < -0.4 is 5.32 Å². The number of nitrogens with one attached hydrogen (secondary N) is 1. The number of rotatable bonds is 6. The molecule has 1 aliphatic carbocycles. The molecule has 138 valence electrons. The molecule has 25 heavy (non-hydrogen) atoms. The van der Waals surface area contributed by atoms with Gasteiger partial charge in [0.05, 0.1) is 0 Å². The van der Waals surface area contributed by atoms with Crippen LogP contribution in [-0.2, 0) is 13.0 Å². The Morgan fingerprint density at radius 1 is 1.12 bits per heavy atom. The summed E-state index contributed by atoms with van der Waals surface area (Å²) in [5.74, 6) is 0.821. The van der Waals surface area contributed by atoms with Crippen LogP contribution >= 0.6 is 0 Å². The molecule has 1 aromatic carbocycles. The summed E-state index contributed by atoms with van der Waals surface area (Å²) in [7, 11) is 2.21. The van der Waals surface area contributed by atoms with E-state index in [1.54, 1.807) is 0 Å². The van der Waals surface area contributed by atoms with Gasteiger partial charge >= 0.3 is 6.03 Å². The molecule has 4 heteroatoms. The molecule has 1 heterocycles. The monoisotopic (exact) mass is 343 g/mol. The standard InChI is InChI=1S/C21H33N3O/c1-16(2)22-21(25)24(20-8-9-20)15-19-6-4-17(5-7-19)14-18-10-12-23(3)13-11-18/h4-7,16,18,20H,8-15H2,1-3H3,(H,22,25). The highest BCUT2D eigenvalue weighted by Crippen LogP contribution is 2.29. The number of carbonyl (C=O) groups is 1. The average Bonchev–Trinajstić information content (AvgIpc) is 3.40. The normalized spacial score (nSPS) is 19.2. The molecule has 1 N–H and O–H groups in total. The quantitative estimate of drug-likeness (QED) is 0.856. The molecule has 0 spiro atoms. The van der Waals surface area contributed by atoms with Crippen molar-refractivity contribution < 1.29 is 4.79 Å². The highest BCUT2D eigenvalue weighted by Gasteiger charge is 2.32. The van der Waals surface area contributed by atoms with Gasteiger partial charge in [-0.3, -0.25) is 0 Å². The first-order valence-corrected chi connectivity index (χ1v) is 9.84. The van der Waals surface area contributed by atoms with Crippen molar-refractivity contribution >= 4 is 6.03 Å². The Bertz CT molecular complexity index is 557. The lowest BCUT2D eigenvalue weighted by molar-refractivity contribution is 0.189. The Kier molecular flexibility index (Phi) is 6.00. The Morgan fingerprint density at radius 3 is 2.28 bits per heavy atom. The zero-order chi connectivity index (χ0) is 17.8. The molecular formula is C21H33N3O. The Hall–Kier alpha value is -1.55. The zero-order valence-corrected chi connectivity index (χ0v) is 16.0. The minimum atomic E-state index is 0.0768. The third-order valence-corrected chi connectivity index (χ3v) is 5.40. The van der Waals surface area contributed by atoms with Gasteiger partial charge < -0.3 is 15.1 Å². The summed E-state index contributed by atoms with van der Waals surface area (Å²) >= 11 is 0. The fourth-order valence-electron chi connectivity index (χ4n) is 3.66. The second-order valence-corrected chi connectivity index (χ2v) is 8.23. The number of amides is 2. The van der Waals surface area contributed by atoms with Crippen molar-refractivity contribution in [3.8, 4) is 0 Å². The van der Waals surface area contributed by atoms with Crippen molar-refractivity contribution in [1.29, 1.82) is 0 Å². The molecule has 4 nitrogen and oxygen atoms in total. The van der Waals surface area contributed by atoms with Gasteiger partial charge in [-0.25, -0.2) is 4.79 Å². The maximum Gasteiger partial charge on any atom is 0.318 e. The lowest BCUT2D eigenvalue weighted by Gasteiger charge is -2.29. The second kappa shape index (κ2) is 8.22. The van der Waals surface area contributed by atoms with Gasteiger partial charge in [-0.1, -0.05) is 24.3 Å². The summed E-state index contributed by atoms with van der Waals surface area (Å²) in [5, 5.41) is 3.04. The first-order valence-electron chi connectivity index (χ1n) is 9.84. The number of likely N-dealkylation sites (tertiary alicyclic amines) is 1. The van der Waals surface area contributed by atoms with Crippen molar-refractivity contribution in [1.82, 2.24) is 15.1 Å². The lowest BCUT2D eigenvalue weighted by atomic mass is 9.90. The van der Waals surface area contributed by atoms with Gasteiger partial charge in [0, 0.05) is 18.6 Å². The first-order chi connectivity index (χ1) is 12.0. The molecule has 2 amide bonds. The Morgan fingerprint density at radius 2 is 1.72 bits per heavy atom. The van der Waals surface area contributed by atoms with Crippen LogP contribution in [0.2, 0.25) is 0 Å². The molecule has 0 bridgehead atoms. The smallest absolute Gasteiger partial charge is 0.318 e. The summed E-state index contributed by atoms with van der Waals surface area (Å²) < 4.78 is 0. The van der Waals surface area contributed by atoms with Crippen LogP contribution in [0.1, 0.15) is 50.7 Å². The fourth-order valence-corrected chi connectivity index (χ4v) is 3.66. The van der Waals surface area contributed by atoms with Crippen LogP contribution in [0.25, 0.3) is 0 Å². The van der Waals surface area contributed by atoms with Crippen LogP contribution in [0.3, 0.4) is 0 Å². The molecule has 1 saturated heterocycles. The van der Waals surface area contributed by atoms with E-state index >= 15 is 0 Å². The van der Waals surface area contributed by atoms with Crippen molar-refractivity contribution in [3.05, 3.63) is 35.4 Å². The van der Waals surface area contributed by atoms with E-state index in [1.807, 2.05) is 18.7 Å². The lowest BCUT2D eigenvalue weighted by Crippen LogP contribution is -2.43. The number of benzene rings is 1. The molecule has 1 aliphatic heterocycles. The van der Waals surface area contributed by atoms with Gasteiger partial charge in [-0.2, -0.15) is 0 Å². The topological polar surface area (TPSA) is 35.6 Å². The van der Waals surface area contributed by atoms with Gasteiger partial charge in [-0.15, -0.1) is 0 Å². The van der Waals surface area contributed by atoms with Crippen LogP contribution in [0.15, 0.2) is 24.3 Å². The summed E-state index contributed by atoms with van der Waals surface area (Å²) in [6.07, 6.45) is 6.08. The molecule has 2 aliphatic rings. The minimum absolute atomic E-state index is 0.0768. The van der Waals surface area contributed by atoms with E-state index in [0.717, 1.165) is 25.3 Å². The van der Waals surface area contributed by atoms with E-state index in [9.17, 15) is 4.79 Å². The van der Waals surface area contributed by atoms with Gasteiger partial charge in [0.1, 0.15) is 0 Å². The highest BCUT2D eigenvalue weighted by atomic mass is 16.2. The number of nitrogens with zero attached hydrogens (tertiary/aromatic N) is 2. The molecule has 0 aromatic heterocycles. The summed E-state index contributed by atoms with van der Waals surface area (Å²) in [5.41, 5.74) is 2.67. The van der Waals surface area contributed by atoms with Crippen molar-refractivity contribution in [3.63, 3.8) is 0 Å². The van der Waals surface area contributed by atoms with Crippen LogP contribution in [0.5, 0.6) is 0 Å². The molecule has 0 radical (unpaired) electrons. The van der Waals surface area contributed by atoms with E-state index in [2.05, 4.69) is 41.5 Å². The molecule has 2 fully saturated rings. The van der Waals surface area contributed by atoms with Crippen LogP contribution in [0.4, 0.5) is 4.79 Å². The summed E-state index contributed by atoms with van der Waals surface area (Å²) in [6, 6.07) is 9.64. The third kappa shape index (κ3) is 5.46. The minimum Gasteiger partial charge on any atom is -0.336 e. The van der Waals surface area contributed by atoms with Crippen molar-refractivity contribution in [2.75, 3.05) is 20.1 Å². The number of hydrogen-bond acceptors (Lipinski definition) is 2. The van der Waals surface area contributed by atoms with Gasteiger partial charge in [0.15, 0.2) is 0 Å². The molecular weight excluding hydrogens is 310 g/mol. The average molecular weight is 344 g/mol. The number of urea groups is 1. The predicted molar refractivity (Wildman–Crippen MR) is 103 cm³/mol. The van der Waals surface area contributed by atoms with Crippen molar-refractivity contribution in [2.45, 2.75) is 64.6 Å².